The van der Waals surface area contributed by atoms with Gasteiger partial charge in [0.25, 0.3) is 0 Å². The highest BCUT2D eigenvalue weighted by Crippen LogP contribution is 2.21. The summed E-state index contributed by atoms with van der Waals surface area (Å²) in [5.74, 6) is 0. The molecule has 0 saturated carbocycles. The first kappa shape index (κ1) is 14.8. The Labute approximate surface area is 108 Å². The molecule has 6 heteroatoms. The summed E-state index contributed by atoms with van der Waals surface area (Å²) in [7, 11) is 0. The Morgan fingerprint density at radius 1 is 1.33 bits per heavy atom. The molecule has 0 spiro atoms. The van der Waals surface area contributed by atoms with Gasteiger partial charge in [0, 0.05) is 18.0 Å². The van der Waals surface area contributed by atoms with Crippen molar-refractivity contribution in [1.82, 2.24) is 5.32 Å². The standard InChI is InChI=1S/C12H12ClF3N2/c13-11-6-9(7-17)2-3-10(11)8-18-5-1-4-12(14,15)16/h2-3,6,18H,1,4-5,8H2. The van der Waals surface area contributed by atoms with Crippen molar-refractivity contribution < 1.29 is 13.2 Å². The first-order chi connectivity index (χ1) is 8.42. The van der Waals surface area contributed by atoms with Gasteiger partial charge >= 0.3 is 6.18 Å². The van der Waals surface area contributed by atoms with Crippen molar-refractivity contribution in [3.63, 3.8) is 0 Å². The number of alkyl halides is 3. The molecule has 98 valence electrons. The molecule has 0 fully saturated rings. The van der Waals surface area contributed by atoms with Gasteiger partial charge in [-0.3, -0.25) is 0 Å². The molecule has 0 heterocycles. The lowest BCUT2D eigenvalue weighted by Crippen LogP contribution is -2.18. The third-order valence-corrected chi connectivity index (χ3v) is 2.66. The second kappa shape index (κ2) is 6.62. The highest BCUT2D eigenvalue weighted by Gasteiger charge is 2.25. The average molecular weight is 277 g/mol. The minimum Gasteiger partial charge on any atom is -0.313 e. The Balaban J connectivity index is 2.34. The van der Waals surface area contributed by atoms with Gasteiger partial charge in [-0.05, 0) is 30.7 Å². The van der Waals surface area contributed by atoms with Crippen molar-refractivity contribution >= 4 is 11.6 Å². The highest BCUT2D eigenvalue weighted by molar-refractivity contribution is 6.31. The van der Waals surface area contributed by atoms with Crippen LogP contribution in [0.1, 0.15) is 24.0 Å². The maximum absolute atomic E-state index is 11.9. The van der Waals surface area contributed by atoms with E-state index in [2.05, 4.69) is 5.32 Å². The third kappa shape index (κ3) is 5.39. The Bertz CT molecular complexity index is 438. The van der Waals surface area contributed by atoms with Gasteiger partial charge < -0.3 is 5.32 Å². The molecule has 0 radical (unpaired) electrons. The van der Waals surface area contributed by atoms with E-state index in [-0.39, 0.29) is 13.0 Å². The molecule has 0 amide bonds. The van der Waals surface area contributed by atoms with Crippen LogP contribution in [-0.4, -0.2) is 12.7 Å². The van der Waals surface area contributed by atoms with Crippen molar-refractivity contribution in [3.8, 4) is 6.07 Å². The summed E-state index contributed by atoms with van der Waals surface area (Å²) in [5, 5.41) is 12.0. The van der Waals surface area contributed by atoms with Gasteiger partial charge in [0.15, 0.2) is 0 Å². The van der Waals surface area contributed by atoms with Gasteiger partial charge in [0.2, 0.25) is 0 Å². The topological polar surface area (TPSA) is 35.8 Å². The predicted molar refractivity (Wildman–Crippen MR) is 63.2 cm³/mol. The van der Waals surface area contributed by atoms with E-state index in [4.69, 9.17) is 16.9 Å². The van der Waals surface area contributed by atoms with Crippen LogP contribution in [-0.2, 0) is 6.54 Å². The molecular formula is C12H12ClF3N2. The molecule has 0 unspecified atom stereocenters. The summed E-state index contributed by atoms with van der Waals surface area (Å²) in [6, 6.07) is 6.81. The lowest BCUT2D eigenvalue weighted by atomic mass is 10.1. The lowest BCUT2D eigenvalue weighted by Gasteiger charge is -2.08. The fourth-order valence-electron chi connectivity index (χ4n) is 1.40. The van der Waals surface area contributed by atoms with Crippen molar-refractivity contribution in [2.75, 3.05) is 6.54 Å². The summed E-state index contributed by atoms with van der Waals surface area (Å²) < 4.78 is 35.6. The van der Waals surface area contributed by atoms with Gasteiger partial charge in [-0.2, -0.15) is 18.4 Å². The zero-order valence-corrected chi connectivity index (χ0v) is 10.3. The van der Waals surface area contributed by atoms with Crippen LogP contribution in [0.2, 0.25) is 5.02 Å². The second-order valence-corrected chi connectivity index (χ2v) is 4.22. The van der Waals surface area contributed by atoms with Crippen molar-refractivity contribution in [3.05, 3.63) is 34.3 Å². The zero-order chi connectivity index (χ0) is 13.6. The fourth-order valence-corrected chi connectivity index (χ4v) is 1.64. The molecule has 0 saturated heterocycles. The number of halogens is 4. The van der Waals surface area contributed by atoms with Gasteiger partial charge in [0.05, 0.1) is 11.6 Å². The molecule has 18 heavy (non-hydrogen) atoms. The Morgan fingerprint density at radius 3 is 2.61 bits per heavy atom. The molecule has 0 aliphatic rings. The number of hydrogen-bond donors (Lipinski definition) is 1. The Hall–Kier alpha value is -1.25. The number of nitriles is 1. The highest BCUT2D eigenvalue weighted by atomic mass is 35.5. The average Bonchev–Trinajstić information content (AvgIpc) is 2.29. The number of nitrogens with zero attached hydrogens (tertiary/aromatic N) is 1. The second-order valence-electron chi connectivity index (χ2n) is 3.81. The third-order valence-electron chi connectivity index (χ3n) is 2.31. The molecule has 1 N–H and O–H groups in total. The van der Waals surface area contributed by atoms with Crippen LogP contribution in [0.25, 0.3) is 0 Å². The number of rotatable bonds is 5. The summed E-state index contributed by atoms with van der Waals surface area (Å²) in [4.78, 5) is 0. The first-order valence-electron chi connectivity index (χ1n) is 5.38. The lowest BCUT2D eigenvalue weighted by molar-refractivity contribution is -0.135. The Morgan fingerprint density at radius 2 is 2.06 bits per heavy atom. The Kier molecular flexibility index (Phi) is 5.45. The van der Waals surface area contributed by atoms with E-state index in [9.17, 15) is 13.2 Å². The van der Waals surface area contributed by atoms with E-state index >= 15 is 0 Å². The van der Waals surface area contributed by atoms with Gasteiger partial charge in [0.1, 0.15) is 0 Å². The molecule has 1 rings (SSSR count). The maximum atomic E-state index is 11.9. The van der Waals surface area contributed by atoms with E-state index in [1.54, 1.807) is 12.1 Å². The van der Waals surface area contributed by atoms with Crippen molar-refractivity contribution in [2.45, 2.75) is 25.6 Å². The summed E-state index contributed by atoms with van der Waals surface area (Å²) >= 11 is 5.92. The molecule has 0 aliphatic heterocycles. The summed E-state index contributed by atoms with van der Waals surface area (Å²) in [6.07, 6.45) is -4.85. The molecule has 1 aromatic carbocycles. The number of nitrogens with one attached hydrogen (secondary N) is 1. The maximum Gasteiger partial charge on any atom is 0.389 e. The molecule has 0 bridgehead atoms. The van der Waals surface area contributed by atoms with E-state index in [1.807, 2.05) is 6.07 Å². The molecule has 0 aromatic heterocycles. The van der Waals surface area contributed by atoms with Crippen LogP contribution in [0.4, 0.5) is 13.2 Å². The minimum atomic E-state index is -4.10. The first-order valence-corrected chi connectivity index (χ1v) is 5.76. The van der Waals surface area contributed by atoms with Gasteiger partial charge in [-0.1, -0.05) is 17.7 Å². The molecular weight excluding hydrogens is 265 g/mol. The van der Waals surface area contributed by atoms with Crippen molar-refractivity contribution in [2.24, 2.45) is 0 Å². The van der Waals surface area contributed by atoms with Crippen LogP contribution in [0.3, 0.4) is 0 Å². The summed E-state index contributed by atoms with van der Waals surface area (Å²) in [5.41, 5.74) is 1.23. The van der Waals surface area contributed by atoms with Crippen LogP contribution in [0.5, 0.6) is 0 Å². The van der Waals surface area contributed by atoms with Gasteiger partial charge in [-0.25, -0.2) is 0 Å². The molecule has 0 atom stereocenters. The largest absolute Gasteiger partial charge is 0.389 e. The van der Waals surface area contributed by atoms with Crippen LogP contribution in [0, 0.1) is 11.3 Å². The van der Waals surface area contributed by atoms with E-state index in [0.29, 0.717) is 17.1 Å². The predicted octanol–water partition coefficient (Wildman–Crippen LogP) is 3.64. The summed E-state index contributed by atoms with van der Waals surface area (Å²) in [6.45, 7) is 0.665. The molecule has 1 aromatic rings. The number of benzene rings is 1. The fraction of sp³-hybridized carbons (Fsp3) is 0.417. The SMILES string of the molecule is N#Cc1ccc(CNCCCC(F)(F)F)c(Cl)c1. The quantitative estimate of drug-likeness (QED) is 0.834. The zero-order valence-electron chi connectivity index (χ0n) is 9.52. The smallest absolute Gasteiger partial charge is 0.313 e. The molecule has 0 aliphatic carbocycles. The van der Waals surface area contributed by atoms with E-state index in [1.165, 1.54) is 6.07 Å². The van der Waals surface area contributed by atoms with Crippen molar-refractivity contribution in [1.29, 1.82) is 5.26 Å². The van der Waals surface area contributed by atoms with E-state index < -0.39 is 12.6 Å². The van der Waals surface area contributed by atoms with Crippen LogP contribution < -0.4 is 5.32 Å². The monoisotopic (exact) mass is 276 g/mol. The normalized spacial score (nSPS) is 11.3. The van der Waals surface area contributed by atoms with E-state index in [0.717, 1.165) is 5.56 Å². The van der Waals surface area contributed by atoms with Crippen LogP contribution >= 0.6 is 11.6 Å². The molecule has 2 nitrogen and oxygen atoms in total. The van der Waals surface area contributed by atoms with Crippen LogP contribution in [0.15, 0.2) is 18.2 Å². The van der Waals surface area contributed by atoms with Gasteiger partial charge in [-0.15, -0.1) is 0 Å². The number of hydrogen-bond acceptors (Lipinski definition) is 2. The minimum absolute atomic E-state index is 0.0391.